The van der Waals surface area contributed by atoms with Gasteiger partial charge in [0, 0.05) is 12.0 Å². The van der Waals surface area contributed by atoms with Crippen molar-refractivity contribution in [1.29, 1.82) is 0 Å². The summed E-state index contributed by atoms with van der Waals surface area (Å²) in [5.74, 6) is 1.57. The van der Waals surface area contributed by atoms with Gasteiger partial charge in [0.05, 0.1) is 32.7 Å². The Morgan fingerprint density at radius 3 is 2.49 bits per heavy atom. The Morgan fingerprint density at radius 2 is 1.74 bits per heavy atom. The minimum absolute atomic E-state index is 0.299. The Labute approximate surface area is 203 Å². The highest BCUT2D eigenvalue weighted by molar-refractivity contribution is 5.94. The SMILES string of the molecule is COc1ccc(/C=N\NC(=O)c2cc(-c3ccc(OCCc4ccccc4)cc3)n[nH]2)cc1OC. The van der Waals surface area contributed by atoms with Crippen molar-refractivity contribution in [3.05, 3.63) is 95.7 Å². The van der Waals surface area contributed by atoms with Crippen molar-refractivity contribution in [2.24, 2.45) is 5.10 Å². The summed E-state index contributed by atoms with van der Waals surface area (Å²) in [4.78, 5) is 12.4. The summed E-state index contributed by atoms with van der Waals surface area (Å²) >= 11 is 0. The van der Waals surface area contributed by atoms with Crippen LogP contribution in [0.3, 0.4) is 0 Å². The van der Waals surface area contributed by atoms with E-state index in [9.17, 15) is 4.79 Å². The molecule has 0 unspecified atom stereocenters. The van der Waals surface area contributed by atoms with Crippen molar-refractivity contribution >= 4 is 12.1 Å². The molecule has 0 fully saturated rings. The zero-order chi connectivity index (χ0) is 24.5. The number of benzene rings is 3. The third-order valence-electron chi connectivity index (χ3n) is 5.26. The van der Waals surface area contributed by atoms with Gasteiger partial charge < -0.3 is 14.2 Å². The molecule has 0 saturated carbocycles. The molecule has 0 aliphatic carbocycles. The number of H-pyrrole nitrogens is 1. The van der Waals surface area contributed by atoms with Gasteiger partial charge in [-0.05, 0) is 59.7 Å². The summed E-state index contributed by atoms with van der Waals surface area (Å²) in [6.07, 6.45) is 2.36. The van der Waals surface area contributed by atoms with E-state index in [1.807, 2.05) is 42.5 Å². The number of ether oxygens (including phenoxy) is 3. The first-order valence-electron chi connectivity index (χ1n) is 11.0. The van der Waals surface area contributed by atoms with E-state index in [2.05, 4.69) is 32.9 Å². The minimum atomic E-state index is -0.402. The van der Waals surface area contributed by atoms with Crippen molar-refractivity contribution < 1.29 is 19.0 Å². The van der Waals surface area contributed by atoms with Gasteiger partial charge >= 0.3 is 0 Å². The molecular formula is C27H26N4O4. The van der Waals surface area contributed by atoms with Gasteiger partial charge in [-0.15, -0.1) is 0 Å². The molecule has 3 aromatic carbocycles. The molecule has 0 spiro atoms. The van der Waals surface area contributed by atoms with Crippen LogP contribution in [-0.4, -0.2) is 43.1 Å². The molecule has 0 saturated heterocycles. The number of amides is 1. The van der Waals surface area contributed by atoms with E-state index in [1.54, 1.807) is 38.5 Å². The fourth-order valence-corrected chi connectivity index (χ4v) is 3.40. The first kappa shape index (κ1) is 23.6. The number of carbonyl (C=O) groups excluding carboxylic acids is 1. The molecule has 0 atom stereocenters. The van der Waals surface area contributed by atoms with Crippen molar-refractivity contribution in [3.8, 4) is 28.5 Å². The normalized spacial score (nSPS) is 10.8. The summed E-state index contributed by atoms with van der Waals surface area (Å²) in [5, 5.41) is 11.0. The number of hydrazone groups is 1. The van der Waals surface area contributed by atoms with Gasteiger partial charge in [0.25, 0.3) is 5.91 Å². The van der Waals surface area contributed by atoms with E-state index in [0.29, 0.717) is 29.5 Å². The largest absolute Gasteiger partial charge is 0.493 e. The molecule has 8 nitrogen and oxygen atoms in total. The Bertz CT molecular complexity index is 1280. The maximum Gasteiger partial charge on any atom is 0.289 e. The van der Waals surface area contributed by atoms with Crippen LogP contribution >= 0.6 is 0 Å². The van der Waals surface area contributed by atoms with E-state index in [1.165, 1.54) is 11.8 Å². The molecule has 1 aromatic heterocycles. The molecule has 2 N–H and O–H groups in total. The predicted molar refractivity (Wildman–Crippen MR) is 134 cm³/mol. The molecule has 1 heterocycles. The van der Waals surface area contributed by atoms with Crippen LogP contribution in [0.5, 0.6) is 17.2 Å². The molecule has 0 bridgehead atoms. The quantitative estimate of drug-likeness (QED) is 0.263. The average Bonchev–Trinajstić information content (AvgIpc) is 3.40. The molecule has 178 valence electrons. The van der Waals surface area contributed by atoms with Crippen LogP contribution < -0.4 is 19.6 Å². The number of hydrogen-bond donors (Lipinski definition) is 2. The van der Waals surface area contributed by atoms with Crippen LogP contribution in [-0.2, 0) is 6.42 Å². The third kappa shape index (κ3) is 6.26. The lowest BCUT2D eigenvalue weighted by atomic mass is 10.1. The topological polar surface area (TPSA) is 97.8 Å². The van der Waals surface area contributed by atoms with Crippen LogP contribution in [0.2, 0.25) is 0 Å². The Balaban J connectivity index is 1.31. The highest BCUT2D eigenvalue weighted by atomic mass is 16.5. The number of rotatable bonds is 10. The molecule has 8 heteroatoms. The van der Waals surface area contributed by atoms with Gasteiger partial charge in [0.2, 0.25) is 0 Å². The minimum Gasteiger partial charge on any atom is -0.493 e. The number of aromatic amines is 1. The number of nitrogens with one attached hydrogen (secondary N) is 2. The number of nitrogens with zero attached hydrogens (tertiary/aromatic N) is 2. The molecule has 0 aliphatic heterocycles. The number of methoxy groups -OCH3 is 2. The van der Waals surface area contributed by atoms with Crippen LogP contribution in [0.15, 0.2) is 84.0 Å². The molecule has 4 aromatic rings. The molecule has 1 amide bonds. The highest BCUT2D eigenvalue weighted by Crippen LogP contribution is 2.27. The molecule has 0 radical (unpaired) electrons. The fourth-order valence-electron chi connectivity index (χ4n) is 3.40. The van der Waals surface area contributed by atoms with Crippen molar-refractivity contribution in [2.45, 2.75) is 6.42 Å². The van der Waals surface area contributed by atoms with E-state index in [0.717, 1.165) is 23.3 Å². The number of hydrogen-bond acceptors (Lipinski definition) is 6. The van der Waals surface area contributed by atoms with Crippen LogP contribution in [0.4, 0.5) is 0 Å². The third-order valence-corrected chi connectivity index (χ3v) is 5.26. The van der Waals surface area contributed by atoms with E-state index in [-0.39, 0.29) is 0 Å². The maximum absolute atomic E-state index is 12.4. The maximum atomic E-state index is 12.4. The van der Waals surface area contributed by atoms with E-state index < -0.39 is 5.91 Å². The van der Waals surface area contributed by atoms with Gasteiger partial charge in [-0.1, -0.05) is 30.3 Å². The molecule has 4 rings (SSSR count). The lowest BCUT2D eigenvalue weighted by Gasteiger charge is -2.07. The summed E-state index contributed by atoms with van der Waals surface area (Å²) in [6, 6.07) is 24.8. The first-order valence-corrected chi connectivity index (χ1v) is 11.0. The van der Waals surface area contributed by atoms with Crippen LogP contribution in [0, 0.1) is 0 Å². The second kappa shape index (κ2) is 11.5. The Morgan fingerprint density at radius 1 is 0.971 bits per heavy atom. The van der Waals surface area contributed by atoms with Crippen molar-refractivity contribution in [2.75, 3.05) is 20.8 Å². The molecule has 35 heavy (non-hydrogen) atoms. The van der Waals surface area contributed by atoms with Gasteiger partial charge in [-0.2, -0.15) is 10.2 Å². The monoisotopic (exact) mass is 470 g/mol. The second-order valence-corrected chi connectivity index (χ2v) is 7.59. The van der Waals surface area contributed by atoms with Crippen LogP contribution in [0.1, 0.15) is 21.6 Å². The zero-order valence-electron chi connectivity index (χ0n) is 19.5. The number of aromatic nitrogens is 2. The number of carbonyl (C=O) groups is 1. The zero-order valence-corrected chi connectivity index (χ0v) is 19.5. The average molecular weight is 471 g/mol. The highest BCUT2D eigenvalue weighted by Gasteiger charge is 2.11. The van der Waals surface area contributed by atoms with Gasteiger partial charge in [0.15, 0.2) is 11.5 Å². The second-order valence-electron chi connectivity index (χ2n) is 7.59. The Hall–Kier alpha value is -4.59. The van der Waals surface area contributed by atoms with E-state index in [4.69, 9.17) is 14.2 Å². The first-order chi connectivity index (χ1) is 17.2. The standard InChI is InChI=1S/C27H26N4O4/c1-33-25-13-8-20(16-26(25)34-2)18-28-31-27(32)24-17-23(29-30-24)21-9-11-22(12-10-21)35-15-14-19-6-4-3-5-7-19/h3-13,16-18H,14-15H2,1-2H3,(H,29,30)(H,31,32)/b28-18-. The van der Waals surface area contributed by atoms with Gasteiger partial charge in [-0.25, -0.2) is 5.43 Å². The predicted octanol–water partition coefficient (Wildman–Crippen LogP) is 4.48. The lowest BCUT2D eigenvalue weighted by molar-refractivity contribution is 0.0950. The summed E-state index contributed by atoms with van der Waals surface area (Å²) in [6.45, 7) is 0.597. The lowest BCUT2D eigenvalue weighted by Crippen LogP contribution is -2.18. The molecular weight excluding hydrogens is 444 g/mol. The summed E-state index contributed by atoms with van der Waals surface area (Å²) < 4.78 is 16.3. The van der Waals surface area contributed by atoms with Gasteiger partial charge in [-0.3, -0.25) is 9.89 Å². The summed E-state index contributed by atoms with van der Waals surface area (Å²) in [5.41, 5.74) is 6.29. The van der Waals surface area contributed by atoms with Gasteiger partial charge in [0.1, 0.15) is 11.4 Å². The van der Waals surface area contributed by atoms with Crippen molar-refractivity contribution in [3.63, 3.8) is 0 Å². The molecule has 0 aliphatic rings. The fraction of sp³-hybridized carbons (Fsp3) is 0.148. The van der Waals surface area contributed by atoms with Crippen molar-refractivity contribution in [1.82, 2.24) is 15.6 Å². The van der Waals surface area contributed by atoms with E-state index >= 15 is 0 Å². The summed E-state index contributed by atoms with van der Waals surface area (Å²) in [7, 11) is 3.13. The smallest absolute Gasteiger partial charge is 0.289 e. The Kier molecular flexibility index (Phi) is 7.75. The van der Waals surface area contributed by atoms with Crippen LogP contribution in [0.25, 0.3) is 11.3 Å².